The normalized spacial score (nSPS) is 10.7. The van der Waals surface area contributed by atoms with Crippen molar-refractivity contribution >= 4 is 33.0 Å². The van der Waals surface area contributed by atoms with Gasteiger partial charge in [-0.3, -0.25) is 4.79 Å². The molecule has 0 fully saturated rings. The third kappa shape index (κ3) is 2.62. The smallest absolute Gasteiger partial charge is 0.282 e. The first kappa shape index (κ1) is 13.2. The molecule has 0 N–H and O–H groups in total. The molecule has 2 heterocycles. The largest absolute Gasteiger partial charge is 0.365 e. The topological polar surface area (TPSA) is 51.0 Å². The van der Waals surface area contributed by atoms with E-state index in [4.69, 9.17) is 0 Å². The van der Waals surface area contributed by atoms with Crippen LogP contribution in [0.25, 0.3) is 0 Å². The maximum atomic E-state index is 11.8. The fourth-order valence-electron chi connectivity index (χ4n) is 1.53. The van der Waals surface area contributed by atoms with Gasteiger partial charge in [0, 0.05) is 25.2 Å². The molecule has 96 valence electrons. The Bertz CT molecular complexity index is 622. The van der Waals surface area contributed by atoms with E-state index in [-0.39, 0.29) is 5.56 Å². The zero-order chi connectivity index (χ0) is 13.3. The molecule has 0 bridgehead atoms. The molecular weight excluding hydrogens is 316 g/mol. The first-order valence-electron chi connectivity index (χ1n) is 5.33. The van der Waals surface area contributed by atoms with Gasteiger partial charge < -0.3 is 4.90 Å². The number of rotatable bonds is 3. The minimum absolute atomic E-state index is 0.144. The van der Waals surface area contributed by atoms with Crippen LogP contribution in [0.4, 0.5) is 5.69 Å². The number of aromatic nitrogens is 3. The lowest BCUT2D eigenvalue weighted by molar-refractivity contribution is 0.698. The van der Waals surface area contributed by atoms with Crippen LogP contribution in [0.5, 0.6) is 0 Å². The Labute approximate surface area is 117 Å². The number of thiazole rings is 1. The summed E-state index contributed by atoms with van der Waals surface area (Å²) in [5.41, 5.74) is 1.64. The standard InChI is InChI=1S/C11H13BrN4OS/c1-7-6-18-9(14-7)5-15(2)8-4-13-16(3)11(17)10(8)12/h4,6H,5H2,1-3H3. The predicted octanol–water partition coefficient (Wildman–Crippen LogP) is 1.94. The Hall–Kier alpha value is -1.21. The van der Waals surface area contributed by atoms with Crippen molar-refractivity contribution in [3.63, 3.8) is 0 Å². The van der Waals surface area contributed by atoms with E-state index in [1.54, 1.807) is 24.6 Å². The van der Waals surface area contributed by atoms with Crippen molar-refractivity contribution in [1.82, 2.24) is 14.8 Å². The van der Waals surface area contributed by atoms with Crippen LogP contribution in [0.3, 0.4) is 0 Å². The van der Waals surface area contributed by atoms with E-state index in [9.17, 15) is 4.79 Å². The van der Waals surface area contributed by atoms with Crippen LogP contribution >= 0.6 is 27.3 Å². The zero-order valence-electron chi connectivity index (χ0n) is 10.3. The molecule has 0 spiro atoms. The molecule has 0 amide bonds. The summed E-state index contributed by atoms with van der Waals surface area (Å²) >= 11 is 4.93. The van der Waals surface area contributed by atoms with Crippen LogP contribution in [0.2, 0.25) is 0 Å². The monoisotopic (exact) mass is 328 g/mol. The maximum absolute atomic E-state index is 11.8. The van der Waals surface area contributed by atoms with Crippen LogP contribution in [-0.4, -0.2) is 21.8 Å². The molecule has 5 nitrogen and oxygen atoms in total. The van der Waals surface area contributed by atoms with Crippen molar-refractivity contribution in [2.75, 3.05) is 11.9 Å². The van der Waals surface area contributed by atoms with Crippen molar-refractivity contribution in [2.45, 2.75) is 13.5 Å². The Morgan fingerprint density at radius 2 is 2.28 bits per heavy atom. The molecule has 0 saturated carbocycles. The van der Waals surface area contributed by atoms with Crippen molar-refractivity contribution in [3.05, 3.63) is 37.1 Å². The molecule has 2 rings (SSSR count). The lowest BCUT2D eigenvalue weighted by Gasteiger charge is -2.18. The Kier molecular flexibility index (Phi) is 3.82. The Morgan fingerprint density at radius 1 is 1.56 bits per heavy atom. The van der Waals surface area contributed by atoms with Gasteiger partial charge in [-0.1, -0.05) is 0 Å². The number of hydrogen-bond acceptors (Lipinski definition) is 5. The lowest BCUT2D eigenvalue weighted by atomic mass is 10.4. The van der Waals surface area contributed by atoms with Gasteiger partial charge in [0.1, 0.15) is 9.48 Å². The van der Waals surface area contributed by atoms with Crippen molar-refractivity contribution < 1.29 is 0 Å². The molecule has 2 aromatic heterocycles. The first-order chi connectivity index (χ1) is 8.49. The van der Waals surface area contributed by atoms with E-state index in [0.29, 0.717) is 11.0 Å². The summed E-state index contributed by atoms with van der Waals surface area (Å²) in [7, 11) is 3.54. The van der Waals surface area contributed by atoms with Crippen LogP contribution in [0, 0.1) is 6.92 Å². The number of aryl methyl sites for hydroxylation is 2. The van der Waals surface area contributed by atoms with E-state index >= 15 is 0 Å². The summed E-state index contributed by atoms with van der Waals surface area (Å²) < 4.78 is 1.82. The highest BCUT2D eigenvalue weighted by molar-refractivity contribution is 9.10. The summed E-state index contributed by atoms with van der Waals surface area (Å²) in [5, 5.41) is 7.05. The van der Waals surface area contributed by atoms with Gasteiger partial charge >= 0.3 is 0 Å². The average molecular weight is 329 g/mol. The molecule has 7 heteroatoms. The van der Waals surface area contributed by atoms with Gasteiger partial charge in [-0.2, -0.15) is 5.10 Å². The predicted molar refractivity (Wildman–Crippen MR) is 76.1 cm³/mol. The second-order valence-electron chi connectivity index (χ2n) is 4.01. The van der Waals surface area contributed by atoms with Gasteiger partial charge in [0.15, 0.2) is 0 Å². The summed E-state index contributed by atoms with van der Waals surface area (Å²) in [6, 6.07) is 0. The molecular formula is C11H13BrN4OS. The maximum Gasteiger partial charge on any atom is 0.282 e. The third-order valence-electron chi connectivity index (χ3n) is 2.51. The Balaban J connectivity index is 2.26. The van der Waals surface area contributed by atoms with Crippen LogP contribution in [0.1, 0.15) is 10.7 Å². The molecule has 0 aliphatic rings. The lowest BCUT2D eigenvalue weighted by Crippen LogP contribution is -2.25. The molecule has 0 radical (unpaired) electrons. The number of halogens is 1. The molecule has 18 heavy (non-hydrogen) atoms. The number of anilines is 1. The summed E-state index contributed by atoms with van der Waals surface area (Å²) in [5.74, 6) is 0. The van der Waals surface area contributed by atoms with Crippen molar-refractivity contribution in [1.29, 1.82) is 0 Å². The second-order valence-corrected chi connectivity index (χ2v) is 5.75. The first-order valence-corrected chi connectivity index (χ1v) is 7.00. The van der Waals surface area contributed by atoms with Gasteiger partial charge in [0.05, 0.1) is 18.4 Å². The van der Waals surface area contributed by atoms with E-state index in [1.165, 1.54) is 4.68 Å². The SMILES string of the molecule is Cc1csc(CN(C)c2cnn(C)c(=O)c2Br)n1. The molecule has 2 aromatic rings. The van der Waals surface area contributed by atoms with Crippen molar-refractivity contribution in [2.24, 2.45) is 7.05 Å². The third-order valence-corrected chi connectivity index (χ3v) is 4.21. The van der Waals surface area contributed by atoms with Crippen molar-refractivity contribution in [3.8, 4) is 0 Å². The van der Waals surface area contributed by atoms with Gasteiger partial charge in [-0.05, 0) is 22.9 Å². The second kappa shape index (κ2) is 5.19. The zero-order valence-corrected chi connectivity index (χ0v) is 12.7. The van der Waals surface area contributed by atoms with Gasteiger partial charge in [0.2, 0.25) is 0 Å². The fourth-order valence-corrected chi connectivity index (χ4v) is 3.02. The van der Waals surface area contributed by atoms with Crippen LogP contribution in [-0.2, 0) is 13.6 Å². The summed E-state index contributed by atoms with van der Waals surface area (Å²) in [6.45, 7) is 2.63. The molecule has 0 unspecified atom stereocenters. The molecule has 0 atom stereocenters. The highest BCUT2D eigenvalue weighted by Gasteiger charge is 2.12. The average Bonchev–Trinajstić information content (AvgIpc) is 2.71. The van der Waals surface area contributed by atoms with Gasteiger partial charge in [-0.25, -0.2) is 9.67 Å². The number of nitrogens with zero attached hydrogens (tertiary/aromatic N) is 4. The van der Waals surface area contributed by atoms with E-state index in [2.05, 4.69) is 26.0 Å². The van der Waals surface area contributed by atoms with Gasteiger partial charge in [0.25, 0.3) is 5.56 Å². The highest BCUT2D eigenvalue weighted by atomic mass is 79.9. The summed E-state index contributed by atoms with van der Waals surface area (Å²) in [6.07, 6.45) is 1.67. The Morgan fingerprint density at radius 3 is 2.89 bits per heavy atom. The number of hydrogen-bond donors (Lipinski definition) is 0. The highest BCUT2D eigenvalue weighted by Crippen LogP contribution is 2.22. The molecule has 0 aliphatic heterocycles. The molecule has 0 aliphatic carbocycles. The van der Waals surface area contributed by atoms with E-state index < -0.39 is 0 Å². The molecule has 0 saturated heterocycles. The summed E-state index contributed by atoms with van der Waals surface area (Å²) in [4.78, 5) is 18.1. The molecule has 0 aromatic carbocycles. The quantitative estimate of drug-likeness (QED) is 0.864. The van der Waals surface area contributed by atoms with Gasteiger partial charge in [-0.15, -0.1) is 11.3 Å². The van der Waals surface area contributed by atoms with E-state index in [1.807, 2.05) is 24.3 Å². The minimum atomic E-state index is -0.144. The minimum Gasteiger partial charge on any atom is -0.365 e. The van der Waals surface area contributed by atoms with E-state index in [0.717, 1.165) is 16.4 Å². The fraction of sp³-hybridized carbons (Fsp3) is 0.364. The van der Waals surface area contributed by atoms with Crippen LogP contribution < -0.4 is 10.5 Å². The van der Waals surface area contributed by atoms with Crippen LogP contribution in [0.15, 0.2) is 20.8 Å².